The third kappa shape index (κ3) is 3.93. The lowest BCUT2D eigenvalue weighted by atomic mass is 10.0. The summed E-state index contributed by atoms with van der Waals surface area (Å²) in [4.78, 5) is 14.9. The lowest BCUT2D eigenvalue weighted by Crippen LogP contribution is -2.33. The van der Waals surface area contributed by atoms with Crippen LogP contribution in [-0.2, 0) is 11.8 Å². The van der Waals surface area contributed by atoms with Crippen molar-refractivity contribution in [1.29, 1.82) is 0 Å². The van der Waals surface area contributed by atoms with Crippen LogP contribution < -0.4 is 14.8 Å². The number of benzene rings is 1. The molecule has 0 spiro atoms. The Morgan fingerprint density at radius 1 is 1.30 bits per heavy atom. The van der Waals surface area contributed by atoms with Gasteiger partial charge in [0, 0.05) is 18.7 Å². The molecule has 1 aliphatic rings. The molecule has 1 aromatic heterocycles. The van der Waals surface area contributed by atoms with Crippen molar-refractivity contribution in [2.45, 2.75) is 32.7 Å². The third-order valence-corrected chi connectivity index (χ3v) is 5.28. The summed E-state index contributed by atoms with van der Waals surface area (Å²) in [5.74, 6) is 1.60. The van der Waals surface area contributed by atoms with Gasteiger partial charge in [-0.3, -0.25) is 14.4 Å². The molecule has 1 aliphatic heterocycles. The summed E-state index contributed by atoms with van der Waals surface area (Å²) in [6, 6.07) is 5.96. The number of amides is 1. The molecule has 2 heterocycles. The molecule has 7 nitrogen and oxygen atoms in total. The van der Waals surface area contributed by atoms with Gasteiger partial charge in [0.1, 0.15) is 11.5 Å². The van der Waals surface area contributed by atoms with Gasteiger partial charge in [0.15, 0.2) is 0 Å². The Morgan fingerprint density at radius 3 is 2.70 bits per heavy atom. The quantitative estimate of drug-likeness (QED) is 0.844. The van der Waals surface area contributed by atoms with E-state index in [0.717, 1.165) is 53.5 Å². The molecule has 1 amide bonds. The van der Waals surface area contributed by atoms with E-state index in [1.54, 1.807) is 18.9 Å². The fourth-order valence-electron chi connectivity index (χ4n) is 3.79. The van der Waals surface area contributed by atoms with Crippen molar-refractivity contribution in [3.05, 3.63) is 35.2 Å². The fraction of sp³-hybridized carbons (Fsp3) is 0.500. The van der Waals surface area contributed by atoms with Gasteiger partial charge in [-0.2, -0.15) is 5.10 Å². The van der Waals surface area contributed by atoms with Crippen molar-refractivity contribution in [2.75, 3.05) is 32.6 Å². The maximum absolute atomic E-state index is 12.7. The number of nitrogens with one attached hydrogen (secondary N) is 1. The molecular weight excluding hydrogens is 344 g/mol. The Labute approximate surface area is 160 Å². The molecule has 1 N–H and O–H groups in total. The summed E-state index contributed by atoms with van der Waals surface area (Å²) >= 11 is 0. The smallest absolute Gasteiger partial charge is 0.238 e. The number of methoxy groups -OCH3 is 2. The number of rotatable bonds is 6. The second kappa shape index (κ2) is 8.00. The molecule has 0 saturated carbocycles. The van der Waals surface area contributed by atoms with Gasteiger partial charge in [-0.15, -0.1) is 0 Å². The zero-order chi connectivity index (χ0) is 19.6. The first-order chi connectivity index (χ1) is 12.9. The first kappa shape index (κ1) is 19.2. The SMILES string of the molecule is COc1ccc(OC)c(C2CCCN2CC(=O)Nc2c(C)nn(C)c2C)c1. The third-order valence-electron chi connectivity index (χ3n) is 5.28. The van der Waals surface area contributed by atoms with E-state index in [0.29, 0.717) is 6.54 Å². The number of carbonyl (C=O) groups is 1. The number of anilines is 1. The van der Waals surface area contributed by atoms with E-state index in [2.05, 4.69) is 15.3 Å². The highest BCUT2D eigenvalue weighted by molar-refractivity contribution is 5.93. The van der Waals surface area contributed by atoms with Gasteiger partial charge in [-0.05, 0) is 51.4 Å². The molecule has 1 aromatic carbocycles. The Kier molecular flexibility index (Phi) is 5.70. The van der Waals surface area contributed by atoms with Crippen LogP contribution in [0.2, 0.25) is 0 Å². The van der Waals surface area contributed by atoms with Gasteiger partial charge in [0.25, 0.3) is 0 Å². The van der Waals surface area contributed by atoms with Crippen LogP contribution in [-0.4, -0.2) is 47.9 Å². The first-order valence-corrected chi connectivity index (χ1v) is 9.20. The van der Waals surface area contributed by atoms with Gasteiger partial charge in [0.2, 0.25) is 5.91 Å². The van der Waals surface area contributed by atoms with Crippen molar-refractivity contribution < 1.29 is 14.3 Å². The topological polar surface area (TPSA) is 68.6 Å². The molecule has 1 saturated heterocycles. The zero-order valence-corrected chi connectivity index (χ0v) is 16.7. The lowest BCUT2D eigenvalue weighted by Gasteiger charge is -2.26. The van der Waals surface area contributed by atoms with E-state index in [1.807, 2.05) is 39.1 Å². The number of aryl methyl sites for hydroxylation is 2. The summed E-state index contributed by atoms with van der Waals surface area (Å²) in [6.07, 6.45) is 2.03. The molecule has 0 aliphatic carbocycles. The van der Waals surface area contributed by atoms with Crippen molar-refractivity contribution in [3.63, 3.8) is 0 Å². The molecule has 27 heavy (non-hydrogen) atoms. The van der Waals surface area contributed by atoms with E-state index in [4.69, 9.17) is 9.47 Å². The van der Waals surface area contributed by atoms with Crippen LogP contribution >= 0.6 is 0 Å². The maximum atomic E-state index is 12.7. The van der Waals surface area contributed by atoms with Gasteiger partial charge >= 0.3 is 0 Å². The molecule has 0 bridgehead atoms. The number of ether oxygens (including phenoxy) is 2. The lowest BCUT2D eigenvalue weighted by molar-refractivity contribution is -0.117. The number of nitrogens with zero attached hydrogens (tertiary/aromatic N) is 3. The van der Waals surface area contributed by atoms with Crippen LogP contribution in [0.5, 0.6) is 11.5 Å². The summed E-state index contributed by atoms with van der Waals surface area (Å²) in [7, 11) is 5.21. The second-order valence-electron chi connectivity index (χ2n) is 6.95. The highest BCUT2D eigenvalue weighted by Crippen LogP contribution is 2.38. The average molecular weight is 372 g/mol. The largest absolute Gasteiger partial charge is 0.497 e. The highest BCUT2D eigenvalue weighted by Gasteiger charge is 2.30. The molecule has 3 rings (SSSR count). The summed E-state index contributed by atoms with van der Waals surface area (Å²) in [5, 5.41) is 7.39. The maximum Gasteiger partial charge on any atom is 0.238 e. The molecule has 0 radical (unpaired) electrons. The van der Waals surface area contributed by atoms with Crippen molar-refractivity contribution >= 4 is 11.6 Å². The summed E-state index contributed by atoms with van der Waals surface area (Å²) in [6.45, 7) is 5.07. The fourth-order valence-corrected chi connectivity index (χ4v) is 3.79. The molecule has 146 valence electrons. The van der Waals surface area contributed by atoms with Crippen LogP contribution in [0.1, 0.15) is 35.8 Å². The minimum atomic E-state index is -0.0250. The Balaban J connectivity index is 1.76. The van der Waals surface area contributed by atoms with Gasteiger partial charge < -0.3 is 14.8 Å². The Morgan fingerprint density at radius 2 is 2.07 bits per heavy atom. The van der Waals surface area contributed by atoms with E-state index in [-0.39, 0.29) is 11.9 Å². The first-order valence-electron chi connectivity index (χ1n) is 9.20. The molecule has 7 heteroatoms. The minimum absolute atomic E-state index is 0.0250. The Bertz CT molecular complexity index is 831. The number of hydrogen-bond acceptors (Lipinski definition) is 5. The van der Waals surface area contributed by atoms with Crippen molar-refractivity contribution in [2.24, 2.45) is 7.05 Å². The van der Waals surface area contributed by atoms with Gasteiger partial charge in [0.05, 0.1) is 37.8 Å². The van der Waals surface area contributed by atoms with Crippen LogP contribution in [0.25, 0.3) is 0 Å². The predicted octanol–water partition coefficient (Wildman–Crippen LogP) is 2.83. The standard InChI is InChI=1S/C20H28N4O3/c1-13-20(14(2)23(3)22-13)21-19(25)12-24-10-6-7-17(24)16-11-15(26-4)8-9-18(16)27-5/h8-9,11,17H,6-7,10,12H2,1-5H3,(H,21,25). The Hall–Kier alpha value is -2.54. The summed E-state index contributed by atoms with van der Waals surface area (Å²) in [5.41, 5.74) is 3.65. The number of hydrogen-bond donors (Lipinski definition) is 1. The van der Waals surface area contributed by atoms with Gasteiger partial charge in [-0.25, -0.2) is 0 Å². The number of aromatic nitrogens is 2. The average Bonchev–Trinajstić information content (AvgIpc) is 3.20. The second-order valence-corrected chi connectivity index (χ2v) is 6.95. The molecular formula is C20H28N4O3. The molecule has 1 atom stereocenters. The van der Waals surface area contributed by atoms with Crippen LogP contribution in [0.3, 0.4) is 0 Å². The monoisotopic (exact) mass is 372 g/mol. The normalized spacial score (nSPS) is 17.1. The molecule has 1 fully saturated rings. The van der Waals surface area contributed by atoms with E-state index in [9.17, 15) is 4.79 Å². The predicted molar refractivity (Wildman–Crippen MR) is 104 cm³/mol. The van der Waals surface area contributed by atoms with Crippen molar-refractivity contribution in [3.8, 4) is 11.5 Å². The highest BCUT2D eigenvalue weighted by atomic mass is 16.5. The molecule has 2 aromatic rings. The van der Waals surface area contributed by atoms with Crippen LogP contribution in [0.4, 0.5) is 5.69 Å². The van der Waals surface area contributed by atoms with E-state index < -0.39 is 0 Å². The van der Waals surface area contributed by atoms with Crippen molar-refractivity contribution in [1.82, 2.24) is 14.7 Å². The molecule has 1 unspecified atom stereocenters. The van der Waals surface area contributed by atoms with E-state index >= 15 is 0 Å². The zero-order valence-electron chi connectivity index (χ0n) is 16.7. The summed E-state index contributed by atoms with van der Waals surface area (Å²) < 4.78 is 12.7. The van der Waals surface area contributed by atoms with Crippen LogP contribution in [0.15, 0.2) is 18.2 Å². The minimum Gasteiger partial charge on any atom is -0.497 e. The van der Waals surface area contributed by atoms with Gasteiger partial charge in [-0.1, -0.05) is 0 Å². The van der Waals surface area contributed by atoms with Crippen LogP contribution in [0, 0.1) is 13.8 Å². The number of carbonyl (C=O) groups excluding carboxylic acids is 1. The number of likely N-dealkylation sites (tertiary alicyclic amines) is 1. The van der Waals surface area contributed by atoms with E-state index in [1.165, 1.54) is 0 Å².